The molecule has 0 radical (unpaired) electrons. The Kier molecular flexibility index (Phi) is 9.49. The van der Waals surface area contributed by atoms with E-state index < -0.39 is 58.3 Å². The Hall–Kier alpha value is -1.64. The Morgan fingerprint density at radius 2 is 1.69 bits per heavy atom. The van der Waals surface area contributed by atoms with Gasteiger partial charge in [-0.25, -0.2) is 4.79 Å². The van der Waals surface area contributed by atoms with Crippen LogP contribution in [0, 0.1) is 51.8 Å². The molecule has 3 aliphatic carbocycles. The zero-order chi connectivity index (χ0) is 34.2. The van der Waals surface area contributed by atoms with Crippen LogP contribution < -0.4 is 5.32 Å². The van der Waals surface area contributed by atoms with Crippen molar-refractivity contribution in [2.45, 2.75) is 152 Å². The number of fused-ring (bicyclic) bond motifs is 5. The zero-order valence-corrected chi connectivity index (χ0v) is 30.5. The van der Waals surface area contributed by atoms with Crippen LogP contribution in [0.1, 0.15) is 116 Å². The van der Waals surface area contributed by atoms with Crippen molar-refractivity contribution in [2.24, 2.45) is 51.8 Å². The number of nitrogens with one attached hydrogen (secondary N) is 1. The molecule has 4 aliphatic rings. The van der Waals surface area contributed by atoms with Gasteiger partial charge in [0.2, 0.25) is 0 Å². The summed E-state index contributed by atoms with van der Waals surface area (Å²) in [5, 5.41) is 28.4. The van der Waals surface area contributed by atoms with Crippen LogP contribution in [-0.2, 0) is 19.0 Å². The second-order valence-electron chi connectivity index (χ2n) is 17.8. The highest BCUT2D eigenvalue weighted by Crippen LogP contribution is 2.69. The van der Waals surface area contributed by atoms with Gasteiger partial charge in [-0.15, -0.1) is 0 Å². The SMILES string of the molecule is CC1=C2[C@H](C)[C@H](O)[C@@]3(C)[C@H]([C@H](C)[C@](O)(CC1OC(=O)[C@H](C)[C@H](CC(C)C)NC(=O)OC(C)(C)C)C2(C)C)[C@]1(C)CO[C@@H]1C[C@@H]3C. The molecule has 12 atom stereocenters. The number of amides is 1. The average molecular weight is 634 g/mol. The van der Waals surface area contributed by atoms with Crippen molar-refractivity contribution in [1.29, 1.82) is 0 Å². The van der Waals surface area contributed by atoms with Crippen LogP contribution in [0.15, 0.2) is 11.1 Å². The van der Waals surface area contributed by atoms with Gasteiger partial charge in [0.1, 0.15) is 11.7 Å². The van der Waals surface area contributed by atoms with E-state index in [1.165, 1.54) is 0 Å². The van der Waals surface area contributed by atoms with Crippen molar-refractivity contribution in [1.82, 2.24) is 5.32 Å². The van der Waals surface area contributed by atoms with Crippen molar-refractivity contribution in [2.75, 3.05) is 6.61 Å². The van der Waals surface area contributed by atoms with Crippen LogP contribution in [-0.4, -0.2) is 64.4 Å². The Morgan fingerprint density at radius 1 is 1.09 bits per heavy atom. The third-order valence-corrected chi connectivity index (χ3v) is 13.0. The molecule has 2 saturated carbocycles. The molecule has 0 aromatic carbocycles. The minimum Gasteiger partial charge on any atom is -0.457 e. The maximum atomic E-state index is 13.9. The Balaban J connectivity index is 1.72. The van der Waals surface area contributed by atoms with E-state index in [0.29, 0.717) is 13.0 Å². The molecule has 3 fully saturated rings. The predicted molar refractivity (Wildman–Crippen MR) is 175 cm³/mol. The molecule has 258 valence electrons. The fraction of sp³-hybridized carbons (Fsp3) is 0.892. The number of hydrogen-bond acceptors (Lipinski definition) is 7. The van der Waals surface area contributed by atoms with Crippen molar-refractivity contribution in [3.05, 3.63) is 11.1 Å². The largest absolute Gasteiger partial charge is 0.457 e. The number of ether oxygens (including phenoxy) is 3. The van der Waals surface area contributed by atoms with Gasteiger partial charge in [0.25, 0.3) is 0 Å². The molecular formula is C37H63NO7. The second kappa shape index (κ2) is 11.8. The third kappa shape index (κ3) is 5.77. The lowest BCUT2D eigenvalue weighted by molar-refractivity contribution is -0.316. The average Bonchev–Trinajstić information content (AvgIpc) is 2.89. The van der Waals surface area contributed by atoms with Gasteiger partial charge in [0.05, 0.1) is 30.3 Å². The standard InChI is InChI=1S/C37H63NO7/c1-19(2)15-25(38-32(41)45-33(8,9)10)21(4)31(40)44-26-17-37(42)24(7)29-35(13)18-43-27(35)16-20(3)36(29,14)30(39)23(6)28(22(26)5)34(37,11)12/h19-21,23-27,29-30,39,42H,15-18H2,1-14H3,(H,38,41)/t20-,21+,23-,24-,25-,26?,27+,29+,30-,35+,36+,37+/m0/s1. The van der Waals surface area contributed by atoms with Crippen molar-refractivity contribution >= 4 is 12.1 Å². The molecule has 3 N–H and O–H groups in total. The van der Waals surface area contributed by atoms with Gasteiger partial charge in [-0.05, 0) is 76.7 Å². The topological polar surface area (TPSA) is 114 Å². The molecule has 1 unspecified atom stereocenters. The van der Waals surface area contributed by atoms with E-state index in [1.807, 2.05) is 27.7 Å². The zero-order valence-electron chi connectivity index (χ0n) is 30.5. The first-order valence-corrected chi connectivity index (χ1v) is 17.4. The number of alkyl carbamates (subject to hydrolysis) is 1. The molecule has 2 bridgehead atoms. The lowest BCUT2D eigenvalue weighted by Gasteiger charge is -2.71. The van der Waals surface area contributed by atoms with E-state index in [0.717, 1.165) is 17.6 Å². The van der Waals surface area contributed by atoms with E-state index in [-0.39, 0.29) is 47.5 Å². The second-order valence-corrected chi connectivity index (χ2v) is 17.8. The fourth-order valence-corrected chi connectivity index (χ4v) is 10.4. The molecular weight excluding hydrogens is 570 g/mol. The monoisotopic (exact) mass is 633 g/mol. The Bertz CT molecular complexity index is 1190. The number of rotatable bonds is 6. The molecule has 0 aromatic rings. The molecule has 1 amide bonds. The number of carbonyl (C=O) groups excluding carboxylic acids is 2. The Morgan fingerprint density at radius 3 is 2.20 bits per heavy atom. The number of carbonyl (C=O) groups is 2. The third-order valence-electron chi connectivity index (χ3n) is 13.0. The van der Waals surface area contributed by atoms with Gasteiger partial charge in [-0.3, -0.25) is 4.79 Å². The van der Waals surface area contributed by atoms with Crippen LogP contribution in [0.2, 0.25) is 0 Å². The predicted octanol–water partition coefficient (Wildman–Crippen LogP) is 6.67. The van der Waals surface area contributed by atoms with Crippen molar-refractivity contribution in [3.63, 3.8) is 0 Å². The summed E-state index contributed by atoms with van der Waals surface area (Å²) in [4.78, 5) is 26.6. The Labute approximate surface area is 272 Å². The van der Waals surface area contributed by atoms with Crippen LogP contribution in [0.4, 0.5) is 4.79 Å². The molecule has 0 spiro atoms. The summed E-state index contributed by atoms with van der Waals surface area (Å²) >= 11 is 0. The highest BCUT2D eigenvalue weighted by Gasteiger charge is 2.71. The van der Waals surface area contributed by atoms with Gasteiger partial charge < -0.3 is 29.7 Å². The van der Waals surface area contributed by atoms with Crippen LogP contribution >= 0.6 is 0 Å². The number of aliphatic hydroxyl groups is 2. The van der Waals surface area contributed by atoms with Crippen LogP contribution in [0.25, 0.3) is 0 Å². The van der Waals surface area contributed by atoms with Gasteiger partial charge in [0, 0.05) is 34.6 Å². The van der Waals surface area contributed by atoms with E-state index in [2.05, 4.69) is 67.6 Å². The number of esters is 1. The maximum Gasteiger partial charge on any atom is 0.407 e. The lowest BCUT2D eigenvalue weighted by Crippen LogP contribution is -2.73. The lowest BCUT2D eigenvalue weighted by atomic mass is 9.38. The first-order chi connectivity index (χ1) is 20.4. The number of hydrogen-bond donors (Lipinski definition) is 3. The summed E-state index contributed by atoms with van der Waals surface area (Å²) in [5.74, 6) is -1.09. The van der Waals surface area contributed by atoms with E-state index >= 15 is 0 Å². The maximum absolute atomic E-state index is 13.9. The molecule has 1 saturated heterocycles. The number of aliphatic hydroxyl groups excluding tert-OH is 1. The summed E-state index contributed by atoms with van der Waals surface area (Å²) in [6.07, 6.45) is -0.00631. The van der Waals surface area contributed by atoms with Gasteiger partial charge >= 0.3 is 12.1 Å². The molecule has 1 heterocycles. The first-order valence-electron chi connectivity index (χ1n) is 17.4. The summed E-state index contributed by atoms with van der Waals surface area (Å²) in [6, 6.07) is -0.478. The highest BCUT2D eigenvalue weighted by atomic mass is 16.6. The van der Waals surface area contributed by atoms with Gasteiger partial charge in [0.15, 0.2) is 0 Å². The van der Waals surface area contributed by atoms with Gasteiger partial charge in [-0.2, -0.15) is 0 Å². The van der Waals surface area contributed by atoms with Crippen LogP contribution in [0.5, 0.6) is 0 Å². The normalized spacial score (nSPS) is 42.3. The molecule has 0 aromatic heterocycles. The van der Waals surface area contributed by atoms with E-state index in [9.17, 15) is 19.8 Å². The molecule has 8 nitrogen and oxygen atoms in total. The fourth-order valence-electron chi connectivity index (χ4n) is 10.4. The molecule has 4 rings (SSSR count). The van der Waals surface area contributed by atoms with Crippen molar-refractivity contribution < 1.29 is 34.0 Å². The summed E-state index contributed by atoms with van der Waals surface area (Å²) in [7, 11) is 0. The first kappa shape index (κ1) is 36.2. The van der Waals surface area contributed by atoms with E-state index in [4.69, 9.17) is 14.2 Å². The van der Waals surface area contributed by atoms with Crippen LogP contribution in [0.3, 0.4) is 0 Å². The summed E-state index contributed by atoms with van der Waals surface area (Å²) in [6.45, 7) is 29.1. The summed E-state index contributed by atoms with van der Waals surface area (Å²) < 4.78 is 18.0. The molecule has 45 heavy (non-hydrogen) atoms. The van der Waals surface area contributed by atoms with Gasteiger partial charge in [-0.1, -0.05) is 67.9 Å². The minimum atomic E-state index is -1.21. The smallest absolute Gasteiger partial charge is 0.407 e. The van der Waals surface area contributed by atoms with E-state index in [1.54, 1.807) is 6.92 Å². The summed E-state index contributed by atoms with van der Waals surface area (Å²) in [5.41, 5.74) is -1.24. The molecule has 1 aliphatic heterocycles. The molecule has 8 heteroatoms. The quantitative estimate of drug-likeness (QED) is 0.221. The minimum absolute atomic E-state index is 0.00194. The van der Waals surface area contributed by atoms with Crippen molar-refractivity contribution in [3.8, 4) is 0 Å². The highest BCUT2D eigenvalue weighted by molar-refractivity contribution is 5.75.